The third-order valence-electron chi connectivity index (χ3n) is 1.86. The summed E-state index contributed by atoms with van der Waals surface area (Å²) in [5, 5.41) is 9.09. The van der Waals surface area contributed by atoms with Crippen molar-refractivity contribution >= 4 is 36.9 Å². The number of hydrogen-bond acceptors (Lipinski definition) is 5. The van der Waals surface area contributed by atoms with Gasteiger partial charge < -0.3 is 14.2 Å². The first kappa shape index (κ1) is 13.6. The molecule has 2 atom stereocenters. The summed E-state index contributed by atoms with van der Waals surface area (Å²) < 4.78 is 8.76. The maximum absolute atomic E-state index is 11.3. The third kappa shape index (κ3) is 3.81. The van der Waals surface area contributed by atoms with E-state index in [1.165, 1.54) is 18.2 Å². The van der Waals surface area contributed by atoms with Crippen LogP contribution in [0.5, 0.6) is 5.75 Å². The van der Waals surface area contributed by atoms with Gasteiger partial charge in [0.2, 0.25) is 0 Å². The highest BCUT2D eigenvalue weighted by atomic mass is 31.0. The summed E-state index contributed by atoms with van der Waals surface area (Å²) in [6.07, 6.45) is 1.30. The largest absolute Gasteiger partial charge is 0.508 e. The van der Waals surface area contributed by atoms with E-state index in [2.05, 4.69) is 9.05 Å². The van der Waals surface area contributed by atoms with Gasteiger partial charge in [0.25, 0.3) is 0 Å². The molecule has 0 aliphatic heterocycles. The lowest BCUT2D eigenvalue weighted by atomic mass is 10.1. The SMILES string of the molecule is O=C(OP)C(=Cc1ccc(O)cc1)C(=O)OP. The van der Waals surface area contributed by atoms with E-state index in [1.807, 2.05) is 0 Å². The zero-order valence-corrected chi connectivity index (χ0v) is 10.9. The van der Waals surface area contributed by atoms with Gasteiger partial charge in [-0.1, -0.05) is 12.1 Å². The van der Waals surface area contributed by atoms with Crippen LogP contribution in [0.2, 0.25) is 0 Å². The maximum Gasteiger partial charge on any atom is 0.347 e. The van der Waals surface area contributed by atoms with E-state index in [0.717, 1.165) is 0 Å². The standard InChI is InChI=1S/C10H10O5P2/c11-7-3-1-6(2-4-7)5-8(9(12)14-16)10(13)15-17/h1-5,11H,16-17H2. The Morgan fingerprint density at radius 2 is 1.53 bits per heavy atom. The molecule has 0 aliphatic rings. The minimum atomic E-state index is -0.824. The molecule has 0 aliphatic carbocycles. The molecule has 0 bridgehead atoms. The van der Waals surface area contributed by atoms with Crippen molar-refractivity contribution in [1.82, 2.24) is 0 Å². The third-order valence-corrected chi connectivity index (χ3v) is 2.29. The van der Waals surface area contributed by atoms with Gasteiger partial charge >= 0.3 is 11.9 Å². The highest BCUT2D eigenvalue weighted by molar-refractivity contribution is 7.11. The van der Waals surface area contributed by atoms with Gasteiger partial charge in [0.15, 0.2) is 0 Å². The van der Waals surface area contributed by atoms with Crippen LogP contribution < -0.4 is 0 Å². The number of carbonyl (C=O) groups is 2. The average Bonchev–Trinajstić information content (AvgIpc) is 2.36. The lowest BCUT2D eigenvalue weighted by molar-refractivity contribution is -0.136. The van der Waals surface area contributed by atoms with Crippen LogP contribution in [-0.4, -0.2) is 17.0 Å². The number of carbonyl (C=O) groups excluding carboxylic acids is 2. The molecule has 1 aromatic rings. The van der Waals surface area contributed by atoms with Crippen LogP contribution in [-0.2, 0) is 18.6 Å². The Kier molecular flexibility index (Phi) is 5.08. The van der Waals surface area contributed by atoms with Gasteiger partial charge in [-0.15, -0.1) is 0 Å². The average molecular weight is 272 g/mol. The highest BCUT2D eigenvalue weighted by Crippen LogP contribution is 2.15. The molecule has 5 nitrogen and oxygen atoms in total. The molecule has 0 saturated carbocycles. The number of phenols is 1. The normalized spacial score (nSPS) is 9.29. The molecule has 0 radical (unpaired) electrons. The van der Waals surface area contributed by atoms with Gasteiger partial charge in [-0.05, 0) is 23.8 Å². The smallest absolute Gasteiger partial charge is 0.347 e. The maximum atomic E-state index is 11.3. The van der Waals surface area contributed by atoms with Crippen molar-refractivity contribution in [2.24, 2.45) is 0 Å². The van der Waals surface area contributed by atoms with Crippen molar-refractivity contribution < 1.29 is 23.7 Å². The van der Waals surface area contributed by atoms with Crippen LogP contribution in [0, 0.1) is 0 Å². The fourth-order valence-corrected chi connectivity index (χ4v) is 1.32. The number of hydrogen-bond donors (Lipinski definition) is 1. The summed E-state index contributed by atoms with van der Waals surface area (Å²) in [5.41, 5.74) is 0.310. The summed E-state index contributed by atoms with van der Waals surface area (Å²) in [6.45, 7) is 0. The van der Waals surface area contributed by atoms with Crippen LogP contribution in [0.25, 0.3) is 6.08 Å². The van der Waals surface area contributed by atoms with Crippen molar-refractivity contribution in [2.75, 3.05) is 0 Å². The van der Waals surface area contributed by atoms with E-state index < -0.39 is 11.9 Å². The summed E-state index contributed by atoms with van der Waals surface area (Å²) in [5.74, 6) is -1.56. The molecule has 1 N–H and O–H groups in total. The van der Waals surface area contributed by atoms with Crippen LogP contribution in [0.1, 0.15) is 5.56 Å². The van der Waals surface area contributed by atoms with Gasteiger partial charge in [0.05, 0.1) is 18.9 Å². The summed E-state index contributed by atoms with van der Waals surface area (Å²) in [7, 11) is 3.52. The van der Waals surface area contributed by atoms with Gasteiger partial charge in [0, 0.05) is 0 Å². The van der Waals surface area contributed by atoms with E-state index in [9.17, 15) is 9.59 Å². The van der Waals surface area contributed by atoms with E-state index in [-0.39, 0.29) is 11.3 Å². The van der Waals surface area contributed by atoms with Crippen molar-refractivity contribution in [3.05, 3.63) is 35.4 Å². The summed E-state index contributed by atoms with van der Waals surface area (Å²) in [4.78, 5) is 22.6. The highest BCUT2D eigenvalue weighted by Gasteiger charge is 2.19. The molecule has 90 valence electrons. The number of rotatable bonds is 3. The first-order chi connectivity index (χ1) is 8.08. The van der Waals surface area contributed by atoms with Gasteiger partial charge in [-0.3, -0.25) is 0 Å². The molecule has 0 heterocycles. The Morgan fingerprint density at radius 1 is 1.06 bits per heavy atom. The monoisotopic (exact) mass is 272 g/mol. The molecule has 0 aromatic heterocycles. The van der Waals surface area contributed by atoms with Crippen molar-refractivity contribution in [1.29, 1.82) is 0 Å². The molecule has 0 fully saturated rings. The fraction of sp³-hybridized carbons (Fsp3) is 0. The fourth-order valence-electron chi connectivity index (χ4n) is 1.07. The second-order valence-corrected chi connectivity index (χ2v) is 3.43. The Morgan fingerprint density at radius 3 is 1.94 bits per heavy atom. The Balaban J connectivity index is 3.09. The zero-order valence-electron chi connectivity index (χ0n) is 8.62. The van der Waals surface area contributed by atoms with Crippen molar-refractivity contribution in [3.63, 3.8) is 0 Å². The van der Waals surface area contributed by atoms with Crippen LogP contribution >= 0.6 is 18.9 Å². The van der Waals surface area contributed by atoms with Crippen LogP contribution in [0.4, 0.5) is 0 Å². The Hall–Kier alpha value is -1.44. The molecular weight excluding hydrogens is 262 g/mol. The van der Waals surface area contributed by atoms with Gasteiger partial charge in [-0.25, -0.2) is 9.59 Å². The van der Waals surface area contributed by atoms with Gasteiger partial charge in [0.1, 0.15) is 11.3 Å². The minimum Gasteiger partial charge on any atom is -0.508 e. The Labute approximate surface area is 102 Å². The van der Waals surface area contributed by atoms with E-state index in [1.54, 1.807) is 31.1 Å². The van der Waals surface area contributed by atoms with Crippen LogP contribution in [0.3, 0.4) is 0 Å². The minimum absolute atomic E-state index is 0.0888. The first-order valence-electron chi connectivity index (χ1n) is 4.41. The second kappa shape index (κ2) is 6.33. The number of aromatic hydroxyl groups is 1. The second-order valence-electron chi connectivity index (χ2n) is 2.96. The molecule has 1 rings (SSSR count). The van der Waals surface area contributed by atoms with Crippen LogP contribution in [0.15, 0.2) is 29.8 Å². The lowest BCUT2D eigenvalue weighted by Gasteiger charge is -2.03. The molecule has 0 amide bonds. The van der Waals surface area contributed by atoms with E-state index in [0.29, 0.717) is 5.56 Å². The molecule has 1 aromatic carbocycles. The Bertz CT molecular complexity index is 434. The molecule has 2 unspecified atom stereocenters. The van der Waals surface area contributed by atoms with E-state index >= 15 is 0 Å². The summed E-state index contributed by atoms with van der Waals surface area (Å²) >= 11 is 0. The zero-order chi connectivity index (χ0) is 12.8. The summed E-state index contributed by atoms with van der Waals surface area (Å²) in [6, 6.07) is 5.95. The first-order valence-corrected chi connectivity index (χ1v) is 5.35. The predicted octanol–water partition coefficient (Wildman–Crippen LogP) is 1.44. The topological polar surface area (TPSA) is 72.8 Å². The lowest BCUT2D eigenvalue weighted by Crippen LogP contribution is -2.12. The van der Waals surface area contributed by atoms with E-state index in [4.69, 9.17) is 5.11 Å². The molecular formula is C10H10O5P2. The number of phenolic OH excluding ortho intramolecular Hbond substituents is 1. The number of benzene rings is 1. The molecule has 7 heteroatoms. The predicted molar refractivity (Wildman–Crippen MR) is 67.7 cm³/mol. The van der Waals surface area contributed by atoms with Crippen molar-refractivity contribution in [3.8, 4) is 5.75 Å². The quantitative estimate of drug-likeness (QED) is 0.390. The molecule has 0 spiro atoms. The molecule has 0 saturated heterocycles. The molecule has 17 heavy (non-hydrogen) atoms. The van der Waals surface area contributed by atoms with Gasteiger partial charge in [-0.2, -0.15) is 0 Å². The van der Waals surface area contributed by atoms with Crippen molar-refractivity contribution in [2.45, 2.75) is 0 Å².